The summed E-state index contributed by atoms with van der Waals surface area (Å²) in [6.45, 7) is 4.80. The molecular formula is C16H18N2O2S. The van der Waals surface area contributed by atoms with Crippen molar-refractivity contribution in [1.29, 1.82) is 0 Å². The molecule has 3 rings (SSSR count). The van der Waals surface area contributed by atoms with E-state index in [1.807, 2.05) is 28.5 Å². The van der Waals surface area contributed by atoms with Gasteiger partial charge in [-0.25, -0.2) is 4.98 Å². The number of hydrogen-bond acceptors (Lipinski definition) is 4. The van der Waals surface area contributed by atoms with Crippen LogP contribution in [0.1, 0.15) is 22.5 Å². The number of benzene rings is 1. The Bertz CT molecular complexity index is 631. The number of aromatic nitrogens is 1. The van der Waals surface area contributed by atoms with Crippen LogP contribution in [-0.2, 0) is 4.74 Å². The summed E-state index contributed by atoms with van der Waals surface area (Å²) in [4.78, 5) is 18.9. The number of hydrogen-bond donors (Lipinski definition) is 0. The Labute approximate surface area is 128 Å². The fourth-order valence-corrected chi connectivity index (χ4v) is 3.30. The number of nitrogens with zero attached hydrogens (tertiary/aromatic N) is 2. The summed E-state index contributed by atoms with van der Waals surface area (Å²) in [5.41, 5.74) is 2.81. The minimum absolute atomic E-state index is 0.0107. The summed E-state index contributed by atoms with van der Waals surface area (Å²) in [5, 5.41) is 2.76. The lowest BCUT2D eigenvalue weighted by molar-refractivity contribution is 0.0736. The van der Waals surface area contributed by atoms with Gasteiger partial charge >= 0.3 is 0 Å². The highest BCUT2D eigenvalue weighted by atomic mass is 32.1. The van der Waals surface area contributed by atoms with Gasteiger partial charge in [0.15, 0.2) is 0 Å². The van der Waals surface area contributed by atoms with Gasteiger partial charge in [0.05, 0.1) is 6.61 Å². The summed E-state index contributed by atoms with van der Waals surface area (Å²) in [5.74, 6) is 0.0107. The van der Waals surface area contributed by atoms with Crippen molar-refractivity contribution in [3.63, 3.8) is 0 Å². The summed E-state index contributed by atoms with van der Waals surface area (Å²) in [6.07, 6.45) is 0.889. The zero-order valence-electron chi connectivity index (χ0n) is 12.0. The second-order valence-electron chi connectivity index (χ2n) is 5.11. The first-order chi connectivity index (χ1) is 10.3. The third-order valence-corrected chi connectivity index (χ3v) is 4.48. The number of amides is 1. The highest BCUT2D eigenvalue weighted by molar-refractivity contribution is 7.13. The van der Waals surface area contributed by atoms with Crippen molar-refractivity contribution in [1.82, 2.24) is 9.88 Å². The SMILES string of the molecule is Cc1ccccc1-c1nc(C(=O)N2CCCOCC2)cs1. The molecule has 0 radical (unpaired) electrons. The molecule has 110 valence electrons. The van der Waals surface area contributed by atoms with Gasteiger partial charge in [-0.3, -0.25) is 4.79 Å². The Morgan fingerprint density at radius 3 is 3.00 bits per heavy atom. The molecule has 1 aromatic carbocycles. The molecule has 2 aromatic rings. The molecule has 2 heterocycles. The zero-order valence-corrected chi connectivity index (χ0v) is 12.9. The molecule has 0 N–H and O–H groups in total. The van der Waals surface area contributed by atoms with E-state index in [9.17, 15) is 4.79 Å². The largest absolute Gasteiger partial charge is 0.380 e. The Balaban J connectivity index is 1.81. The van der Waals surface area contributed by atoms with Crippen molar-refractivity contribution >= 4 is 17.2 Å². The Morgan fingerprint density at radius 1 is 1.29 bits per heavy atom. The van der Waals surface area contributed by atoms with Gasteiger partial charge in [0, 0.05) is 30.6 Å². The smallest absolute Gasteiger partial charge is 0.273 e. The van der Waals surface area contributed by atoms with Crippen LogP contribution < -0.4 is 0 Å². The van der Waals surface area contributed by atoms with E-state index in [1.54, 1.807) is 0 Å². The van der Waals surface area contributed by atoms with Crippen molar-refractivity contribution in [2.24, 2.45) is 0 Å². The molecule has 4 nitrogen and oxygen atoms in total. The molecule has 0 atom stereocenters. The normalized spacial score (nSPS) is 15.8. The number of carbonyl (C=O) groups excluding carboxylic acids is 1. The quantitative estimate of drug-likeness (QED) is 0.856. The first kappa shape index (κ1) is 14.2. The number of ether oxygens (including phenoxy) is 1. The topological polar surface area (TPSA) is 42.4 Å². The molecule has 0 aliphatic carbocycles. The second-order valence-corrected chi connectivity index (χ2v) is 5.97. The minimum atomic E-state index is 0.0107. The fourth-order valence-electron chi connectivity index (χ4n) is 2.42. The average Bonchev–Trinajstić information content (AvgIpc) is 2.82. The van der Waals surface area contributed by atoms with E-state index in [0.29, 0.717) is 18.8 Å². The van der Waals surface area contributed by atoms with Crippen LogP contribution in [0.3, 0.4) is 0 Å². The van der Waals surface area contributed by atoms with E-state index in [1.165, 1.54) is 16.9 Å². The van der Waals surface area contributed by atoms with Crippen molar-refractivity contribution in [2.75, 3.05) is 26.3 Å². The number of aryl methyl sites for hydroxylation is 1. The molecule has 0 spiro atoms. The molecular weight excluding hydrogens is 284 g/mol. The number of rotatable bonds is 2. The molecule has 21 heavy (non-hydrogen) atoms. The Kier molecular flexibility index (Phi) is 4.31. The lowest BCUT2D eigenvalue weighted by Gasteiger charge is -2.17. The van der Waals surface area contributed by atoms with Crippen molar-refractivity contribution in [2.45, 2.75) is 13.3 Å². The van der Waals surface area contributed by atoms with E-state index in [4.69, 9.17) is 4.74 Å². The fraction of sp³-hybridized carbons (Fsp3) is 0.375. The molecule has 5 heteroatoms. The molecule has 0 bridgehead atoms. The standard InChI is InChI=1S/C16H18N2O2S/c1-12-5-2-3-6-13(12)15-17-14(11-21-15)16(19)18-7-4-9-20-10-8-18/h2-3,5-6,11H,4,7-10H2,1H3. The van der Waals surface area contributed by atoms with Crippen molar-refractivity contribution < 1.29 is 9.53 Å². The van der Waals surface area contributed by atoms with E-state index < -0.39 is 0 Å². The lowest BCUT2D eigenvalue weighted by atomic mass is 10.1. The summed E-state index contributed by atoms with van der Waals surface area (Å²) < 4.78 is 5.39. The van der Waals surface area contributed by atoms with Crippen LogP contribution in [0.4, 0.5) is 0 Å². The first-order valence-electron chi connectivity index (χ1n) is 7.14. The molecule has 1 aliphatic rings. The van der Waals surface area contributed by atoms with E-state index in [-0.39, 0.29) is 5.91 Å². The van der Waals surface area contributed by atoms with Crippen LogP contribution in [0.5, 0.6) is 0 Å². The summed E-state index contributed by atoms with van der Waals surface area (Å²) in [6, 6.07) is 8.11. The Hall–Kier alpha value is -1.72. The first-order valence-corrected chi connectivity index (χ1v) is 8.02. The Morgan fingerprint density at radius 2 is 2.14 bits per heavy atom. The molecule has 0 saturated carbocycles. The summed E-state index contributed by atoms with van der Waals surface area (Å²) >= 11 is 1.52. The van der Waals surface area contributed by atoms with Crippen molar-refractivity contribution in [3.8, 4) is 10.6 Å². The monoisotopic (exact) mass is 302 g/mol. The molecule has 1 fully saturated rings. The maximum Gasteiger partial charge on any atom is 0.273 e. The van der Waals surface area contributed by atoms with Gasteiger partial charge in [0.25, 0.3) is 5.91 Å². The van der Waals surface area contributed by atoms with Crippen LogP contribution >= 0.6 is 11.3 Å². The third kappa shape index (κ3) is 3.14. The lowest BCUT2D eigenvalue weighted by Crippen LogP contribution is -2.33. The van der Waals surface area contributed by atoms with Gasteiger partial charge in [-0.1, -0.05) is 24.3 Å². The highest BCUT2D eigenvalue weighted by Crippen LogP contribution is 2.27. The average molecular weight is 302 g/mol. The van der Waals surface area contributed by atoms with Crippen LogP contribution in [0.15, 0.2) is 29.6 Å². The maximum absolute atomic E-state index is 12.5. The third-order valence-electron chi connectivity index (χ3n) is 3.61. The molecule has 1 aliphatic heterocycles. The second kappa shape index (κ2) is 6.37. The van der Waals surface area contributed by atoms with Crippen LogP contribution in [-0.4, -0.2) is 42.1 Å². The molecule has 1 amide bonds. The van der Waals surface area contributed by atoms with Gasteiger partial charge in [-0.05, 0) is 18.9 Å². The van der Waals surface area contributed by atoms with Crippen LogP contribution in [0.25, 0.3) is 10.6 Å². The van der Waals surface area contributed by atoms with E-state index >= 15 is 0 Å². The van der Waals surface area contributed by atoms with E-state index in [0.717, 1.165) is 30.1 Å². The number of thiazole rings is 1. The van der Waals surface area contributed by atoms with Gasteiger partial charge < -0.3 is 9.64 Å². The van der Waals surface area contributed by atoms with Gasteiger partial charge in [-0.2, -0.15) is 0 Å². The minimum Gasteiger partial charge on any atom is -0.380 e. The molecule has 1 saturated heterocycles. The number of carbonyl (C=O) groups is 1. The van der Waals surface area contributed by atoms with Gasteiger partial charge in [0.1, 0.15) is 10.7 Å². The molecule has 0 unspecified atom stereocenters. The predicted octanol–water partition coefficient (Wildman–Crippen LogP) is 2.98. The maximum atomic E-state index is 12.5. The summed E-state index contributed by atoms with van der Waals surface area (Å²) in [7, 11) is 0. The van der Waals surface area contributed by atoms with Crippen LogP contribution in [0, 0.1) is 6.92 Å². The highest BCUT2D eigenvalue weighted by Gasteiger charge is 2.20. The predicted molar refractivity (Wildman–Crippen MR) is 83.6 cm³/mol. The van der Waals surface area contributed by atoms with Gasteiger partial charge in [0.2, 0.25) is 0 Å². The van der Waals surface area contributed by atoms with E-state index in [2.05, 4.69) is 18.0 Å². The van der Waals surface area contributed by atoms with Crippen molar-refractivity contribution in [3.05, 3.63) is 40.9 Å². The molecule has 1 aromatic heterocycles. The zero-order chi connectivity index (χ0) is 14.7. The van der Waals surface area contributed by atoms with Gasteiger partial charge in [-0.15, -0.1) is 11.3 Å². The van der Waals surface area contributed by atoms with Crippen LogP contribution in [0.2, 0.25) is 0 Å².